The van der Waals surface area contributed by atoms with Crippen LogP contribution in [-0.2, 0) is 9.59 Å². The van der Waals surface area contributed by atoms with Gasteiger partial charge in [-0.3, -0.25) is 14.5 Å². The standard InChI is InChI=1S/C23H25N3O2S/c1-15-8-12-19(13-9-15)24-21(27)14-20-22(28)26(16(2)17-10-11-17)23(29-20)25-18-6-4-3-5-7-18/h3-9,12-13,16-17,20H,10-11,14H2,1-2H3,(H,24,27)/t16-,20+/m0/s1. The van der Waals surface area contributed by atoms with Gasteiger partial charge in [-0.15, -0.1) is 0 Å². The molecule has 0 aromatic heterocycles. The lowest BCUT2D eigenvalue weighted by molar-refractivity contribution is -0.129. The molecule has 0 bridgehead atoms. The van der Waals surface area contributed by atoms with Crippen LogP contribution in [0.4, 0.5) is 11.4 Å². The molecule has 5 nitrogen and oxygen atoms in total. The first-order valence-corrected chi connectivity index (χ1v) is 10.9. The highest BCUT2D eigenvalue weighted by molar-refractivity contribution is 8.15. The average Bonchev–Trinajstić information content (AvgIpc) is 3.51. The number of carbonyl (C=O) groups excluding carboxylic acids is 2. The molecule has 1 saturated heterocycles. The Morgan fingerprint density at radius 2 is 1.86 bits per heavy atom. The first kappa shape index (κ1) is 19.7. The number of aryl methyl sites for hydroxylation is 1. The Bertz CT molecular complexity index is 923. The van der Waals surface area contributed by atoms with E-state index >= 15 is 0 Å². The van der Waals surface area contributed by atoms with Crippen LogP contribution >= 0.6 is 11.8 Å². The molecule has 0 spiro atoms. The fourth-order valence-corrected chi connectivity index (χ4v) is 4.72. The van der Waals surface area contributed by atoms with Crippen LogP contribution in [0.2, 0.25) is 0 Å². The van der Waals surface area contributed by atoms with Crippen molar-refractivity contribution in [3.8, 4) is 0 Å². The van der Waals surface area contributed by atoms with Gasteiger partial charge in [-0.25, -0.2) is 4.99 Å². The first-order chi connectivity index (χ1) is 14.0. The Morgan fingerprint density at radius 3 is 2.52 bits per heavy atom. The lowest BCUT2D eigenvalue weighted by Crippen LogP contribution is -2.41. The zero-order valence-electron chi connectivity index (χ0n) is 16.7. The van der Waals surface area contributed by atoms with E-state index in [9.17, 15) is 9.59 Å². The highest BCUT2D eigenvalue weighted by atomic mass is 32.2. The maximum atomic E-state index is 13.2. The van der Waals surface area contributed by atoms with Crippen LogP contribution in [0.15, 0.2) is 59.6 Å². The molecule has 0 radical (unpaired) electrons. The van der Waals surface area contributed by atoms with E-state index < -0.39 is 5.25 Å². The highest BCUT2D eigenvalue weighted by Crippen LogP contribution is 2.41. The second-order valence-electron chi connectivity index (χ2n) is 7.74. The number of carbonyl (C=O) groups is 2. The number of aliphatic imine (C=N–C) groups is 1. The number of hydrogen-bond donors (Lipinski definition) is 1. The van der Waals surface area contributed by atoms with Crippen molar-refractivity contribution >= 4 is 40.1 Å². The maximum Gasteiger partial charge on any atom is 0.242 e. The van der Waals surface area contributed by atoms with Gasteiger partial charge in [0, 0.05) is 18.2 Å². The zero-order chi connectivity index (χ0) is 20.4. The average molecular weight is 408 g/mol. The van der Waals surface area contributed by atoms with Crippen LogP contribution in [0, 0.1) is 12.8 Å². The van der Waals surface area contributed by atoms with Crippen molar-refractivity contribution in [1.29, 1.82) is 0 Å². The van der Waals surface area contributed by atoms with E-state index in [4.69, 9.17) is 4.99 Å². The molecule has 2 aliphatic rings. The Balaban J connectivity index is 1.50. The number of rotatable bonds is 6. The van der Waals surface area contributed by atoms with Gasteiger partial charge in [0.2, 0.25) is 11.8 Å². The molecule has 2 aromatic carbocycles. The second-order valence-corrected chi connectivity index (χ2v) is 8.91. The summed E-state index contributed by atoms with van der Waals surface area (Å²) < 4.78 is 0. The van der Waals surface area contributed by atoms with Crippen molar-refractivity contribution in [1.82, 2.24) is 4.90 Å². The van der Waals surface area contributed by atoms with Gasteiger partial charge in [0.05, 0.1) is 5.69 Å². The third kappa shape index (κ3) is 4.70. The van der Waals surface area contributed by atoms with E-state index in [2.05, 4.69) is 12.2 Å². The molecule has 4 rings (SSSR count). The van der Waals surface area contributed by atoms with Crippen molar-refractivity contribution in [3.05, 3.63) is 60.2 Å². The smallest absolute Gasteiger partial charge is 0.242 e. The summed E-state index contributed by atoms with van der Waals surface area (Å²) in [6.07, 6.45) is 2.43. The van der Waals surface area contributed by atoms with Crippen molar-refractivity contribution in [2.75, 3.05) is 5.32 Å². The van der Waals surface area contributed by atoms with E-state index in [-0.39, 0.29) is 24.3 Å². The topological polar surface area (TPSA) is 61.8 Å². The maximum absolute atomic E-state index is 13.2. The summed E-state index contributed by atoms with van der Waals surface area (Å²) in [6, 6.07) is 17.4. The molecule has 1 N–H and O–H groups in total. The van der Waals surface area contributed by atoms with Crippen LogP contribution in [0.5, 0.6) is 0 Å². The minimum Gasteiger partial charge on any atom is -0.326 e. The van der Waals surface area contributed by atoms with Gasteiger partial charge in [0.25, 0.3) is 0 Å². The molecule has 29 heavy (non-hydrogen) atoms. The minimum atomic E-state index is -0.441. The van der Waals surface area contributed by atoms with Crippen molar-refractivity contribution in [2.24, 2.45) is 10.9 Å². The molecule has 2 aromatic rings. The summed E-state index contributed by atoms with van der Waals surface area (Å²) in [5.41, 5.74) is 2.70. The fourth-order valence-electron chi connectivity index (χ4n) is 3.49. The van der Waals surface area contributed by atoms with Crippen LogP contribution < -0.4 is 5.32 Å². The monoisotopic (exact) mass is 407 g/mol. The third-order valence-corrected chi connectivity index (χ3v) is 6.52. The van der Waals surface area contributed by atoms with Crippen LogP contribution in [0.3, 0.4) is 0 Å². The first-order valence-electron chi connectivity index (χ1n) is 10.0. The number of amidine groups is 1. The van der Waals surface area contributed by atoms with E-state index in [1.54, 1.807) is 0 Å². The largest absolute Gasteiger partial charge is 0.326 e. The van der Waals surface area contributed by atoms with Gasteiger partial charge in [-0.1, -0.05) is 47.7 Å². The van der Waals surface area contributed by atoms with Crippen LogP contribution in [0.1, 0.15) is 31.7 Å². The molecule has 2 atom stereocenters. The van der Waals surface area contributed by atoms with E-state index in [1.165, 1.54) is 11.8 Å². The quantitative estimate of drug-likeness (QED) is 0.751. The van der Waals surface area contributed by atoms with E-state index in [0.717, 1.165) is 29.8 Å². The van der Waals surface area contributed by atoms with Gasteiger partial charge >= 0.3 is 0 Å². The normalized spacial score (nSPS) is 21.4. The Kier molecular flexibility index (Phi) is 5.72. The minimum absolute atomic E-state index is 0.0110. The predicted octanol–water partition coefficient (Wildman–Crippen LogP) is 4.75. The molecular formula is C23H25N3O2S. The SMILES string of the molecule is Cc1ccc(NC(=O)C[C@H]2SC(=Nc3ccccc3)N([C@@H](C)C3CC3)C2=O)cc1. The Labute approximate surface area is 175 Å². The molecule has 1 aliphatic carbocycles. The number of anilines is 1. The van der Waals surface area contributed by atoms with Gasteiger partial charge < -0.3 is 5.32 Å². The van der Waals surface area contributed by atoms with Gasteiger partial charge in [-0.2, -0.15) is 0 Å². The molecule has 1 aliphatic heterocycles. The highest BCUT2D eigenvalue weighted by Gasteiger charge is 2.45. The summed E-state index contributed by atoms with van der Waals surface area (Å²) in [4.78, 5) is 32.3. The summed E-state index contributed by atoms with van der Waals surface area (Å²) >= 11 is 1.40. The summed E-state index contributed by atoms with van der Waals surface area (Å²) in [5.74, 6) is 0.364. The molecular weight excluding hydrogens is 382 g/mol. The number of nitrogens with one attached hydrogen (secondary N) is 1. The summed E-state index contributed by atoms with van der Waals surface area (Å²) in [7, 11) is 0. The lowest BCUT2D eigenvalue weighted by atomic mass is 10.1. The van der Waals surface area contributed by atoms with Crippen molar-refractivity contribution in [3.63, 3.8) is 0 Å². The number of nitrogens with zero attached hydrogens (tertiary/aromatic N) is 2. The van der Waals surface area contributed by atoms with E-state index in [1.807, 2.05) is 66.4 Å². The summed E-state index contributed by atoms with van der Waals surface area (Å²) in [6.45, 7) is 4.09. The molecule has 6 heteroatoms. The number of thioether (sulfide) groups is 1. The molecule has 150 valence electrons. The molecule has 2 amide bonds. The number of hydrogen-bond acceptors (Lipinski definition) is 4. The lowest BCUT2D eigenvalue weighted by Gasteiger charge is -2.24. The van der Waals surface area contributed by atoms with Gasteiger partial charge in [0.15, 0.2) is 5.17 Å². The number of amides is 2. The molecule has 0 unspecified atom stereocenters. The predicted molar refractivity (Wildman–Crippen MR) is 118 cm³/mol. The van der Waals surface area contributed by atoms with E-state index in [0.29, 0.717) is 11.1 Å². The summed E-state index contributed by atoms with van der Waals surface area (Å²) in [5, 5.41) is 3.16. The van der Waals surface area contributed by atoms with Crippen molar-refractivity contribution < 1.29 is 9.59 Å². The second kappa shape index (κ2) is 8.41. The number of para-hydroxylation sites is 1. The molecule has 2 fully saturated rings. The van der Waals surface area contributed by atoms with Crippen LogP contribution in [-0.4, -0.2) is 33.2 Å². The van der Waals surface area contributed by atoms with Crippen LogP contribution in [0.25, 0.3) is 0 Å². The zero-order valence-corrected chi connectivity index (χ0v) is 17.5. The third-order valence-electron chi connectivity index (χ3n) is 5.37. The van der Waals surface area contributed by atoms with Gasteiger partial charge in [-0.05, 0) is 56.9 Å². The Hall–Kier alpha value is -2.60. The molecule has 1 heterocycles. The fraction of sp³-hybridized carbons (Fsp3) is 0.348. The van der Waals surface area contributed by atoms with Crippen molar-refractivity contribution in [2.45, 2.75) is 44.4 Å². The Morgan fingerprint density at radius 1 is 1.17 bits per heavy atom. The number of benzene rings is 2. The molecule has 1 saturated carbocycles. The van der Waals surface area contributed by atoms with Gasteiger partial charge in [0.1, 0.15) is 5.25 Å².